The number of allylic oxidation sites excluding steroid dienone is 2. The van der Waals surface area contributed by atoms with Gasteiger partial charge in [-0.2, -0.15) is 0 Å². The lowest BCUT2D eigenvalue weighted by Gasteiger charge is -2.10. The third-order valence-corrected chi connectivity index (χ3v) is 2.20. The fraction of sp³-hybridized carbons (Fsp3) is 0.0909. The number of hydrogen-bond acceptors (Lipinski definition) is 2. The van der Waals surface area contributed by atoms with Crippen LogP contribution in [0.1, 0.15) is 26.3 Å². The van der Waals surface area contributed by atoms with Crippen LogP contribution in [0.2, 0.25) is 0 Å². The number of rotatable bonds is 1. The van der Waals surface area contributed by atoms with Gasteiger partial charge in [-0.3, -0.25) is 9.59 Å². The third kappa shape index (κ3) is 1.20. The van der Waals surface area contributed by atoms with Crippen LogP contribution in [0.25, 0.3) is 0 Å². The molecule has 0 radical (unpaired) electrons. The van der Waals surface area contributed by atoms with Crippen molar-refractivity contribution in [3.63, 3.8) is 0 Å². The van der Waals surface area contributed by atoms with Gasteiger partial charge in [0.05, 0.1) is 0 Å². The summed E-state index contributed by atoms with van der Waals surface area (Å²) in [6.45, 7) is 0. The number of fused-ring (bicyclic) bond motifs is 1. The molecule has 0 saturated carbocycles. The number of benzene rings is 1. The van der Waals surface area contributed by atoms with E-state index in [4.69, 9.17) is 0 Å². The Morgan fingerprint density at radius 1 is 1.31 bits per heavy atom. The Kier molecular flexibility index (Phi) is 1.81. The quantitative estimate of drug-likeness (QED) is 0.605. The second-order valence-corrected chi connectivity index (χ2v) is 2.96. The van der Waals surface area contributed by atoms with Crippen LogP contribution in [-0.2, 0) is 6.42 Å². The van der Waals surface area contributed by atoms with Crippen LogP contribution >= 0.6 is 0 Å². The molecule has 0 spiro atoms. The summed E-state index contributed by atoms with van der Waals surface area (Å²) in [6.07, 6.45) is 4.82. The molecule has 0 atom stereocenters. The molecule has 0 aliphatic heterocycles. The van der Waals surface area contributed by atoms with Crippen LogP contribution in [0.3, 0.4) is 0 Å². The Hall–Kier alpha value is -1.70. The first kappa shape index (κ1) is 7.92. The fourth-order valence-corrected chi connectivity index (χ4v) is 1.55. The lowest BCUT2D eigenvalue weighted by Crippen LogP contribution is -2.07. The first-order chi connectivity index (χ1) is 6.33. The van der Waals surface area contributed by atoms with Crippen LogP contribution in [0.15, 0.2) is 30.4 Å². The summed E-state index contributed by atoms with van der Waals surface area (Å²) in [5, 5.41) is 0. The van der Waals surface area contributed by atoms with Gasteiger partial charge in [0.1, 0.15) is 6.29 Å². The van der Waals surface area contributed by atoms with Gasteiger partial charge < -0.3 is 0 Å². The van der Waals surface area contributed by atoms with Gasteiger partial charge in [-0.1, -0.05) is 24.3 Å². The van der Waals surface area contributed by atoms with E-state index in [0.29, 0.717) is 17.5 Å². The zero-order valence-corrected chi connectivity index (χ0v) is 6.99. The number of ketones is 1. The van der Waals surface area contributed by atoms with E-state index in [0.717, 1.165) is 11.8 Å². The number of aldehydes is 1. The molecule has 0 N–H and O–H groups in total. The molecular weight excluding hydrogens is 164 g/mol. The first-order valence-electron chi connectivity index (χ1n) is 4.11. The monoisotopic (exact) mass is 172 g/mol. The highest BCUT2D eigenvalue weighted by Crippen LogP contribution is 2.19. The third-order valence-electron chi connectivity index (χ3n) is 2.20. The van der Waals surface area contributed by atoms with E-state index in [1.165, 1.54) is 0 Å². The maximum Gasteiger partial charge on any atom is 0.185 e. The van der Waals surface area contributed by atoms with Crippen LogP contribution in [0, 0.1) is 0 Å². The van der Waals surface area contributed by atoms with E-state index < -0.39 is 0 Å². The molecule has 0 fully saturated rings. The van der Waals surface area contributed by atoms with Gasteiger partial charge >= 0.3 is 0 Å². The Bertz CT molecular complexity index is 403. The van der Waals surface area contributed by atoms with Crippen molar-refractivity contribution < 1.29 is 9.59 Å². The molecule has 1 aliphatic carbocycles. The SMILES string of the molecule is O=Cc1cccc2c1CC=CC2=O. The van der Waals surface area contributed by atoms with Crippen LogP contribution < -0.4 is 0 Å². The van der Waals surface area contributed by atoms with Gasteiger partial charge in [0.15, 0.2) is 5.78 Å². The maximum atomic E-state index is 11.4. The summed E-state index contributed by atoms with van der Waals surface area (Å²) in [7, 11) is 0. The van der Waals surface area contributed by atoms with E-state index in [-0.39, 0.29) is 5.78 Å². The Labute approximate surface area is 75.9 Å². The molecule has 13 heavy (non-hydrogen) atoms. The summed E-state index contributed by atoms with van der Waals surface area (Å²) in [5.74, 6) is -0.00931. The molecule has 2 heteroatoms. The fourth-order valence-electron chi connectivity index (χ4n) is 1.55. The lowest BCUT2D eigenvalue weighted by atomic mass is 9.92. The van der Waals surface area contributed by atoms with Gasteiger partial charge in [-0.05, 0) is 18.1 Å². The van der Waals surface area contributed by atoms with Crippen molar-refractivity contribution in [2.24, 2.45) is 0 Å². The van der Waals surface area contributed by atoms with Crippen molar-refractivity contribution in [3.05, 3.63) is 47.0 Å². The number of hydrogen-bond donors (Lipinski definition) is 0. The van der Waals surface area contributed by atoms with Gasteiger partial charge in [-0.15, -0.1) is 0 Å². The number of carbonyl (C=O) groups is 2. The van der Waals surface area contributed by atoms with Gasteiger partial charge in [-0.25, -0.2) is 0 Å². The minimum Gasteiger partial charge on any atom is -0.298 e. The Morgan fingerprint density at radius 2 is 2.15 bits per heavy atom. The average molecular weight is 172 g/mol. The first-order valence-corrected chi connectivity index (χ1v) is 4.11. The molecule has 1 aliphatic rings. The zero-order chi connectivity index (χ0) is 9.26. The second-order valence-electron chi connectivity index (χ2n) is 2.96. The molecule has 0 unspecified atom stereocenters. The molecule has 0 bridgehead atoms. The van der Waals surface area contributed by atoms with Crippen molar-refractivity contribution in [1.29, 1.82) is 0 Å². The minimum atomic E-state index is -0.00931. The predicted octanol–water partition coefficient (Wildman–Crippen LogP) is 1.79. The molecular formula is C11H8O2. The largest absolute Gasteiger partial charge is 0.298 e. The smallest absolute Gasteiger partial charge is 0.185 e. The van der Waals surface area contributed by atoms with E-state index in [9.17, 15) is 9.59 Å². The summed E-state index contributed by atoms with van der Waals surface area (Å²) in [5.41, 5.74) is 2.13. The van der Waals surface area contributed by atoms with Crippen molar-refractivity contribution in [2.45, 2.75) is 6.42 Å². The van der Waals surface area contributed by atoms with Crippen LogP contribution in [0.5, 0.6) is 0 Å². The lowest BCUT2D eigenvalue weighted by molar-refractivity contribution is 0.104. The van der Waals surface area contributed by atoms with E-state index >= 15 is 0 Å². The zero-order valence-electron chi connectivity index (χ0n) is 6.99. The summed E-state index contributed by atoms with van der Waals surface area (Å²) >= 11 is 0. The highest BCUT2D eigenvalue weighted by molar-refractivity contribution is 6.07. The summed E-state index contributed by atoms with van der Waals surface area (Å²) in [6, 6.07) is 5.23. The molecule has 2 rings (SSSR count). The predicted molar refractivity (Wildman–Crippen MR) is 49.0 cm³/mol. The topological polar surface area (TPSA) is 34.1 Å². The van der Waals surface area contributed by atoms with Crippen LogP contribution in [0.4, 0.5) is 0 Å². The molecule has 0 aromatic heterocycles. The molecule has 64 valence electrons. The normalized spacial score (nSPS) is 14.0. The van der Waals surface area contributed by atoms with Crippen molar-refractivity contribution in [1.82, 2.24) is 0 Å². The van der Waals surface area contributed by atoms with Crippen molar-refractivity contribution in [3.8, 4) is 0 Å². The highest BCUT2D eigenvalue weighted by Gasteiger charge is 2.14. The maximum absolute atomic E-state index is 11.4. The average Bonchev–Trinajstić information content (AvgIpc) is 2.18. The van der Waals surface area contributed by atoms with Gasteiger partial charge in [0, 0.05) is 11.1 Å². The molecule has 1 aromatic carbocycles. The van der Waals surface area contributed by atoms with E-state index in [2.05, 4.69) is 0 Å². The van der Waals surface area contributed by atoms with Gasteiger partial charge in [0.25, 0.3) is 0 Å². The molecule has 0 saturated heterocycles. The summed E-state index contributed by atoms with van der Waals surface area (Å²) < 4.78 is 0. The Morgan fingerprint density at radius 3 is 2.92 bits per heavy atom. The van der Waals surface area contributed by atoms with Crippen molar-refractivity contribution in [2.75, 3.05) is 0 Å². The standard InChI is InChI=1S/C11H8O2/c12-7-8-3-1-5-10-9(8)4-2-6-11(10)13/h1-3,5-7H,4H2. The molecule has 0 amide bonds. The minimum absolute atomic E-state index is 0.00931. The van der Waals surface area contributed by atoms with Crippen molar-refractivity contribution >= 4 is 12.1 Å². The van der Waals surface area contributed by atoms with Crippen LogP contribution in [-0.4, -0.2) is 12.1 Å². The summed E-state index contributed by atoms with van der Waals surface area (Å²) in [4.78, 5) is 22.0. The Balaban J connectivity index is 2.65. The van der Waals surface area contributed by atoms with Gasteiger partial charge in [0.2, 0.25) is 0 Å². The molecule has 0 heterocycles. The van der Waals surface area contributed by atoms with E-state index in [1.807, 2.05) is 0 Å². The molecule has 1 aromatic rings. The second kappa shape index (κ2) is 2.98. The van der Waals surface area contributed by atoms with E-state index in [1.54, 1.807) is 30.4 Å². The highest BCUT2D eigenvalue weighted by atomic mass is 16.1. The number of carbonyl (C=O) groups excluding carboxylic acids is 2. The molecule has 2 nitrogen and oxygen atoms in total.